The van der Waals surface area contributed by atoms with Crippen LogP contribution in [0.3, 0.4) is 0 Å². The molecule has 1 aliphatic rings. The number of hydrogen-bond acceptors (Lipinski definition) is 2. The molecular formula is C17H17BrCl2N2. The van der Waals surface area contributed by atoms with Crippen LogP contribution in [0, 0.1) is 0 Å². The molecule has 2 aromatic carbocycles. The minimum Gasteiger partial charge on any atom is -0.314 e. The van der Waals surface area contributed by atoms with Crippen LogP contribution in [0.1, 0.15) is 17.2 Å². The van der Waals surface area contributed by atoms with E-state index in [2.05, 4.69) is 50.4 Å². The first kappa shape index (κ1) is 16.3. The van der Waals surface area contributed by atoms with Gasteiger partial charge in [0.1, 0.15) is 0 Å². The Morgan fingerprint density at radius 3 is 2.50 bits per heavy atom. The van der Waals surface area contributed by atoms with Crippen LogP contribution in [0.4, 0.5) is 0 Å². The molecule has 0 aliphatic carbocycles. The molecule has 1 saturated heterocycles. The molecule has 2 nitrogen and oxygen atoms in total. The maximum absolute atomic E-state index is 6.51. The summed E-state index contributed by atoms with van der Waals surface area (Å²) in [6, 6.07) is 14.4. The molecule has 0 saturated carbocycles. The van der Waals surface area contributed by atoms with Gasteiger partial charge in [0.15, 0.2) is 0 Å². The average molecular weight is 400 g/mol. The van der Waals surface area contributed by atoms with E-state index in [-0.39, 0.29) is 6.04 Å². The number of nitrogens with zero attached hydrogens (tertiary/aromatic N) is 1. The van der Waals surface area contributed by atoms with Gasteiger partial charge in [-0.1, -0.05) is 63.4 Å². The van der Waals surface area contributed by atoms with Crippen LogP contribution in [-0.4, -0.2) is 31.1 Å². The summed E-state index contributed by atoms with van der Waals surface area (Å²) < 4.78 is 1.07. The van der Waals surface area contributed by atoms with Crippen LogP contribution >= 0.6 is 39.1 Å². The summed E-state index contributed by atoms with van der Waals surface area (Å²) in [5, 5.41) is 4.65. The lowest BCUT2D eigenvalue weighted by atomic mass is 9.96. The summed E-state index contributed by atoms with van der Waals surface area (Å²) in [5.41, 5.74) is 2.29. The molecular weight excluding hydrogens is 383 g/mol. The van der Waals surface area contributed by atoms with E-state index in [4.69, 9.17) is 23.2 Å². The second kappa shape index (κ2) is 7.33. The Labute approximate surface area is 149 Å². The van der Waals surface area contributed by atoms with Crippen molar-refractivity contribution < 1.29 is 0 Å². The van der Waals surface area contributed by atoms with E-state index in [0.29, 0.717) is 10.0 Å². The van der Waals surface area contributed by atoms with Crippen LogP contribution in [0.25, 0.3) is 0 Å². The van der Waals surface area contributed by atoms with Crippen LogP contribution < -0.4 is 5.32 Å². The quantitative estimate of drug-likeness (QED) is 0.800. The summed E-state index contributed by atoms with van der Waals surface area (Å²) in [6.07, 6.45) is 0. The number of halogens is 3. The molecule has 1 unspecified atom stereocenters. The standard InChI is InChI=1S/C17H17BrCl2N2/c18-13-4-1-3-12(11-13)17(22-9-7-21-8-10-22)14-5-2-6-15(19)16(14)20/h1-6,11,17,21H,7-10H2. The minimum atomic E-state index is 0.116. The molecule has 1 fully saturated rings. The zero-order valence-electron chi connectivity index (χ0n) is 12.0. The first-order valence-electron chi connectivity index (χ1n) is 7.31. The highest BCUT2D eigenvalue weighted by molar-refractivity contribution is 9.10. The molecule has 3 rings (SSSR count). The van der Waals surface area contributed by atoms with Crippen molar-refractivity contribution in [2.45, 2.75) is 6.04 Å². The third-order valence-electron chi connectivity index (χ3n) is 3.96. The Balaban J connectivity index is 2.07. The summed E-state index contributed by atoms with van der Waals surface area (Å²) in [6.45, 7) is 3.95. The molecule has 0 aromatic heterocycles. The molecule has 0 radical (unpaired) electrons. The molecule has 0 amide bonds. The van der Waals surface area contributed by atoms with E-state index in [1.807, 2.05) is 18.2 Å². The highest BCUT2D eigenvalue weighted by atomic mass is 79.9. The number of rotatable bonds is 3. The molecule has 5 heteroatoms. The van der Waals surface area contributed by atoms with Crippen molar-refractivity contribution in [2.24, 2.45) is 0 Å². The van der Waals surface area contributed by atoms with E-state index in [1.54, 1.807) is 0 Å². The predicted molar refractivity (Wildman–Crippen MR) is 96.9 cm³/mol. The fourth-order valence-electron chi connectivity index (χ4n) is 2.94. The van der Waals surface area contributed by atoms with Gasteiger partial charge in [-0.05, 0) is 29.3 Å². The van der Waals surface area contributed by atoms with Gasteiger partial charge in [-0.15, -0.1) is 0 Å². The summed E-state index contributed by atoms with van der Waals surface area (Å²) in [5.74, 6) is 0. The van der Waals surface area contributed by atoms with E-state index in [9.17, 15) is 0 Å². The fourth-order valence-corrected chi connectivity index (χ4v) is 3.76. The van der Waals surface area contributed by atoms with Gasteiger partial charge in [0, 0.05) is 30.7 Å². The van der Waals surface area contributed by atoms with Crippen molar-refractivity contribution in [3.63, 3.8) is 0 Å². The lowest BCUT2D eigenvalue weighted by Crippen LogP contribution is -2.45. The van der Waals surface area contributed by atoms with E-state index in [1.165, 1.54) is 5.56 Å². The lowest BCUT2D eigenvalue weighted by molar-refractivity contribution is 0.198. The van der Waals surface area contributed by atoms with Gasteiger partial charge in [-0.2, -0.15) is 0 Å². The van der Waals surface area contributed by atoms with E-state index < -0.39 is 0 Å². The monoisotopic (exact) mass is 398 g/mol. The molecule has 22 heavy (non-hydrogen) atoms. The Bertz CT molecular complexity index is 657. The first-order valence-corrected chi connectivity index (χ1v) is 8.86. The van der Waals surface area contributed by atoms with Crippen molar-refractivity contribution in [2.75, 3.05) is 26.2 Å². The molecule has 1 N–H and O–H groups in total. The van der Waals surface area contributed by atoms with Crippen molar-refractivity contribution >= 4 is 39.1 Å². The minimum absolute atomic E-state index is 0.116. The second-order valence-corrected chi connectivity index (χ2v) is 7.09. The Morgan fingerprint density at radius 2 is 1.77 bits per heavy atom. The lowest BCUT2D eigenvalue weighted by Gasteiger charge is -2.36. The maximum Gasteiger partial charge on any atom is 0.0643 e. The smallest absolute Gasteiger partial charge is 0.0643 e. The molecule has 1 aliphatic heterocycles. The van der Waals surface area contributed by atoms with E-state index >= 15 is 0 Å². The highest BCUT2D eigenvalue weighted by Crippen LogP contribution is 2.37. The normalized spacial score (nSPS) is 17.4. The summed E-state index contributed by atoms with van der Waals surface area (Å²) >= 11 is 16.3. The average Bonchev–Trinajstić information content (AvgIpc) is 2.53. The zero-order chi connectivity index (χ0) is 15.5. The first-order chi connectivity index (χ1) is 10.7. The number of benzene rings is 2. The number of hydrogen-bond donors (Lipinski definition) is 1. The topological polar surface area (TPSA) is 15.3 Å². The van der Waals surface area contributed by atoms with Crippen LogP contribution in [0.5, 0.6) is 0 Å². The van der Waals surface area contributed by atoms with E-state index in [0.717, 1.165) is 36.2 Å². The van der Waals surface area contributed by atoms with Crippen LogP contribution in [0.15, 0.2) is 46.9 Å². The highest BCUT2D eigenvalue weighted by Gasteiger charge is 2.26. The van der Waals surface area contributed by atoms with Gasteiger partial charge in [0.05, 0.1) is 16.1 Å². The maximum atomic E-state index is 6.51. The summed E-state index contributed by atoms with van der Waals surface area (Å²) in [7, 11) is 0. The fraction of sp³-hybridized carbons (Fsp3) is 0.294. The van der Waals surface area contributed by atoms with Gasteiger partial charge < -0.3 is 5.32 Å². The van der Waals surface area contributed by atoms with Crippen molar-refractivity contribution in [3.05, 3.63) is 68.1 Å². The molecule has 116 valence electrons. The number of nitrogens with one attached hydrogen (secondary N) is 1. The number of piperazine rings is 1. The molecule has 1 atom stereocenters. The molecule has 0 bridgehead atoms. The molecule has 1 heterocycles. The zero-order valence-corrected chi connectivity index (χ0v) is 15.1. The van der Waals surface area contributed by atoms with Gasteiger partial charge in [-0.3, -0.25) is 4.90 Å². The van der Waals surface area contributed by atoms with Gasteiger partial charge in [-0.25, -0.2) is 0 Å². The van der Waals surface area contributed by atoms with Crippen molar-refractivity contribution in [1.82, 2.24) is 10.2 Å². The SMILES string of the molecule is Clc1cccc(C(c2cccc(Br)c2)N2CCNCC2)c1Cl. The molecule has 2 aromatic rings. The Morgan fingerprint density at radius 1 is 1.05 bits per heavy atom. The van der Waals surface area contributed by atoms with Crippen LogP contribution in [-0.2, 0) is 0 Å². The van der Waals surface area contributed by atoms with Gasteiger partial charge in [0.2, 0.25) is 0 Å². The second-order valence-electron chi connectivity index (χ2n) is 5.39. The third kappa shape index (κ3) is 3.50. The Kier molecular flexibility index (Phi) is 5.42. The van der Waals surface area contributed by atoms with Crippen molar-refractivity contribution in [3.8, 4) is 0 Å². The predicted octanol–water partition coefficient (Wildman–Crippen LogP) is 4.75. The Hall–Kier alpha value is -0.580. The third-order valence-corrected chi connectivity index (χ3v) is 5.28. The van der Waals surface area contributed by atoms with Crippen LogP contribution in [0.2, 0.25) is 10.0 Å². The van der Waals surface area contributed by atoms with Crippen molar-refractivity contribution in [1.29, 1.82) is 0 Å². The molecule has 0 spiro atoms. The summed E-state index contributed by atoms with van der Waals surface area (Å²) in [4.78, 5) is 2.45. The van der Waals surface area contributed by atoms with Gasteiger partial charge >= 0.3 is 0 Å². The largest absolute Gasteiger partial charge is 0.314 e. The van der Waals surface area contributed by atoms with Gasteiger partial charge in [0.25, 0.3) is 0 Å².